The molecule has 0 bridgehead atoms. The molecule has 0 aromatic carbocycles. The SMILES string of the molecule is CCCCCCCCCCCCC(CCC)[N+](=O)[O-]. The lowest BCUT2D eigenvalue weighted by Gasteiger charge is -2.07. The van der Waals surface area contributed by atoms with Crippen molar-refractivity contribution >= 4 is 0 Å². The minimum Gasteiger partial charge on any atom is -0.264 e. The van der Waals surface area contributed by atoms with Gasteiger partial charge in [-0.3, -0.25) is 10.1 Å². The van der Waals surface area contributed by atoms with Crippen LogP contribution >= 0.6 is 0 Å². The van der Waals surface area contributed by atoms with Gasteiger partial charge in [-0.05, 0) is 12.8 Å². The first-order valence-corrected chi connectivity index (χ1v) is 8.35. The van der Waals surface area contributed by atoms with Crippen molar-refractivity contribution in [2.75, 3.05) is 0 Å². The molecule has 0 aromatic rings. The van der Waals surface area contributed by atoms with Crippen molar-refractivity contribution in [3.63, 3.8) is 0 Å². The normalized spacial score (nSPS) is 12.5. The molecule has 0 saturated carbocycles. The van der Waals surface area contributed by atoms with Gasteiger partial charge in [-0.1, -0.05) is 71.6 Å². The molecule has 19 heavy (non-hydrogen) atoms. The maximum atomic E-state index is 10.8. The number of unbranched alkanes of at least 4 members (excludes halogenated alkanes) is 9. The summed E-state index contributed by atoms with van der Waals surface area (Å²) in [6.07, 6.45) is 15.4. The average molecular weight is 271 g/mol. The second-order valence-corrected chi connectivity index (χ2v) is 5.70. The highest BCUT2D eigenvalue weighted by atomic mass is 16.6. The molecule has 0 aromatic heterocycles. The van der Waals surface area contributed by atoms with E-state index in [0.717, 1.165) is 25.7 Å². The molecule has 0 saturated heterocycles. The first-order valence-electron chi connectivity index (χ1n) is 8.35. The Morgan fingerprint density at radius 3 is 1.63 bits per heavy atom. The third-order valence-electron chi connectivity index (χ3n) is 3.81. The van der Waals surface area contributed by atoms with Crippen molar-refractivity contribution in [2.45, 2.75) is 103 Å². The quantitative estimate of drug-likeness (QED) is 0.229. The van der Waals surface area contributed by atoms with E-state index in [9.17, 15) is 10.1 Å². The topological polar surface area (TPSA) is 43.1 Å². The van der Waals surface area contributed by atoms with Crippen LogP contribution in [-0.2, 0) is 0 Å². The van der Waals surface area contributed by atoms with Crippen LogP contribution < -0.4 is 0 Å². The Balaban J connectivity index is 3.27. The van der Waals surface area contributed by atoms with Crippen molar-refractivity contribution in [1.29, 1.82) is 0 Å². The first-order chi connectivity index (χ1) is 9.22. The third kappa shape index (κ3) is 12.2. The van der Waals surface area contributed by atoms with E-state index in [1.165, 1.54) is 57.8 Å². The predicted molar refractivity (Wildman–Crippen MR) is 82.2 cm³/mol. The van der Waals surface area contributed by atoms with E-state index in [4.69, 9.17) is 0 Å². The zero-order chi connectivity index (χ0) is 14.3. The molecular weight excluding hydrogens is 238 g/mol. The number of nitrogens with zero attached hydrogens (tertiary/aromatic N) is 1. The molecule has 0 rings (SSSR count). The van der Waals surface area contributed by atoms with Crippen LogP contribution in [0.1, 0.15) is 97.3 Å². The van der Waals surface area contributed by atoms with Gasteiger partial charge in [0.25, 0.3) is 0 Å². The highest BCUT2D eigenvalue weighted by Crippen LogP contribution is 2.14. The van der Waals surface area contributed by atoms with Crippen LogP contribution in [0.5, 0.6) is 0 Å². The lowest BCUT2D eigenvalue weighted by atomic mass is 10.0. The van der Waals surface area contributed by atoms with Crippen LogP contribution in [0.2, 0.25) is 0 Å². The Labute approximate surface area is 119 Å². The van der Waals surface area contributed by atoms with Crippen molar-refractivity contribution in [3.05, 3.63) is 10.1 Å². The van der Waals surface area contributed by atoms with Gasteiger partial charge in [0.15, 0.2) is 0 Å². The van der Waals surface area contributed by atoms with Gasteiger partial charge in [0.2, 0.25) is 6.04 Å². The molecule has 0 heterocycles. The summed E-state index contributed by atoms with van der Waals surface area (Å²) in [6, 6.07) is -0.293. The molecule has 0 aliphatic carbocycles. The minimum atomic E-state index is -0.293. The first kappa shape index (κ1) is 18.4. The van der Waals surface area contributed by atoms with E-state index in [-0.39, 0.29) is 11.0 Å². The van der Waals surface area contributed by atoms with E-state index in [0.29, 0.717) is 0 Å². The number of hydrogen-bond acceptors (Lipinski definition) is 2. The highest BCUT2D eigenvalue weighted by molar-refractivity contribution is 4.57. The molecule has 1 atom stereocenters. The standard InChI is InChI=1S/C16H33NO2/c1-3-5-6-7-8-9-10-11-12-13-15-16(14-4-2)17(18)19/h16H,3-15H2,1-2H3. The monoisotopic (exact) mass is 271 g/mol. The molecule has 0 radical (unpaired) electrons. The van der Waals surface area contributed by atoms with Crippen LogP contribution in [0, 0.1) is 10.1 Å². The van der Waals surface area contributed by atoms with E-state index >= 15 is 0 Å². The summed E-state index contributed by atoms with van der Waals surface area (Å²) in [5.41, 5.74) is 0. The summed E-state index contributed by atoms with van der Waals surface area (Å²) in [4.78, 5) is 10.7. The van der Waals surface area contributed by atoms with E-state index in [2.05, 4.69) is 6.92 Å². The van der Waals surface area contributed by atoms with Crippen molar-refractivity contribution in [1.82, 2.24) is 0 Å². The second-order valence-electron chi connectivity index (χ2n) is 5.70. The summed E-state index contributed by atoms with van der Waals surface area (Å²) >= 11 is 0. The van der Waals surface area contributed by atoms with Crippen LogP contribution in [0.25, 0.3) is 0 Å². The fraction of sp³-hybridized carbons (Fsp3) is 1.00. The van der Waals surface area contributed by atoms with Gasteiger partial charge in [0.05, 0.1) is 0 Å². The number of rotatable bonds is 14. The van der Waals surface area contributed by atoms with Gasteiger partial charge in [-0.25, -0.2) is 0 Å². The molecule has 0 aliphatic rings. The van der Waals surface area contributed by atoms with Gasteiger partial charge in [-0.15, -0.1) is 0 Å². The van der Waals surface area contributed by atoms with Gasteiger partial charge < -0.3 is 0 Å². The van der Waals surface area contributed by atoms with Crippen molar-refractivity contribution in [3.8, 4) is 0 Å². The van der Waals surface area contributed by atoms with Crippen LogP contribution in [0.15, 0.2) is 0 Å². The summed E-state index contributed by atoms with van der Waals surface area (Å²) in [5.74, 6) is 0. The maximum absolute atomic E-state index is 10.8. The van der Waals surface area contributed by atoms with Crippen LogP contribution in [0.4, 0.5) is 0 Å². The summed E-state index contributed by atoms with van der Waals surface area (Å²) < 4.78 is 0. The van der Waals surface area contributed by atoms with Gasteiger partial charge in [0, 0.05) is 17.8 Å². The number of hydrogen-bond donors (Lipinski definition) is 0. The van der Waals surface area contributed by atoms with Crippen LogP contribution in [0.3, 0.4) is 0 Å². The fourth-order valence-corrected chi connectivity index (χ4v) is 2.56. The minimum absolute atomic E-state index is 0.0861. The Morgan fingerprint density at radius 1 is 0.737 bits per heavy atom. The predicted octanol–water partition coefficient (Wildman–Crippen LogP) is 5.74. The molecular formula is C16H33NO2. The van der Waals surface area contributed by atoms with Gasteiger partial charge >= 0.3 is 0 Å². The Hall–Kier alpha value is -0.600. The Morgan fingerprint density at radius 2 is 1.21 bits per heavy atom. The maximum Gasteiger partial charge on any atom is 0.213 e. The zero-order valence-electron chi connectivity index (χ0n) is 13.0. The van der Waals surface area contributed by atoms with Gasteiger partial charge in [-0.2, -0.15) is 0 Å². The van der Waals surface area contributed by atoms with Crippen LogP contribution in [-0.4, -0.2) is 11.0 Å². The Bertz CT molecular complexity index is 207. The van der Waals surface area contributed by atoms with Crippen molar-refractivity contribution < 1.29 is 4.92 Å². The molecule has 3 heteroatoms. The molecule has 0 fully saturated rings. The summed E-state index contributed by atoms with van der Waals surface area (Å²) in [7, 11) is 0. The van der Waals surface area contributed by atoms with Crippen molar-refractivity contribution in [2.24, 2.45) is 0 Å². The number of nitro groups is 1. The molecule has 0 aliphatic heterocycles. The molecule has 0 amide bonds. The molecule has 0 N–H and O–H groups in total. The highest BCUT2D eigenvalue weighted by Gasteiger charge is 2.17. The lowest BCUT2D eigenvalue weighted by Crippen LogP contribution is -2.18. The van der Waals surface area contributed by atoms with E-state index < -0.39 is 0 Å². The smallest absolute Gasteiger partial charge is 0.213 e. The zero-order valence-corrected chi connectivity index (χ0v) is 13.0. The van der Waals surface area contributed by atoms with E-state index in [1.54, 1.807) is 0 Å². The third-order valence-corrected chi connectivity index (χ3v) is 3.81. The fourth-order valence-electron chi connectivity index (χ4n) is 2.56. The molecule has 3 nitrogen and oxygen atoms in total. The lowest BCUT2D eigenvalue weighted by molar-refractivity contribution is -0.524. The molecule has 0 spiro atoms. The van der Waals surface area contributed by atoms with Gasteiger partial charge in [0.1, 0.15) is 0 Å². The average Bonchev–Trinajstić information content (AvgIpc) is 2.39. The summed E-state index contributed by atoms with van der Waals surface area (Å²) in [6.45, 7) is 4.27. The summed E-state index contributed by atoms with van der Waals surface area (Å²) in [5, 5.41) is 10.8. The largest absolute Gasteiger partial charge is 0.264 e. The second kappa shape index (κ2) is 13.8. The Kier molecular flexibility index (Phi) is 13.4. The van der Waals surface area contributed by atoms with E-state index in [1.807, 2.05) is 6.92 Å². The molecule has 1 unspecified atom stereocenters. The molecule has 114 valence electrons.